The van der Waals surface area contributed by atoms with Gasteiger partial charge in [-0.3, -0.25) is 24.1 Å². The smallest absolute Gasteiger partial charge is 0.340 e. The molecule has 0 aliphatic carbocycles. The number of imide groups is 1. The zero-order valence-corrected chi connectivity index (χ0v) is 27.3. The Hall–Kier alpha value is -6.18. The number of carbonyl (C=O) groups is 6. The lowest BCUT2D eigenvalue weighted by molar-refractivity contribution is -0.139. The molecule has 3 aromatic carbocycles. The molecular weight excluding hydrogens is 662 g/mol. The number of phenolic OH excluding ortho intramolecular Hbond substituents is 2. The summed E-state index contributed by atoms with van der Waals surface area (Å²) >= 11 is 0. The van der Waals surface area contributed by atoms with E-state index < -0.39 is 29.5 Å². The number of nitrogens with zero attached hydrogens (tertiary/aromatic N) is 1. The number of hydrogen-bond acceptors (Lipinski definition) is 10. The predicted molar refractivity (Wildman–Crippen MR) is 178 cm³/mol. The first-order valence-corrected chi connectivity index (χ1v) is 16.5. The Morgan fingerprint density at radius 3 is 2.08 bits per heavy atom. The molecule has 0 radical (unpaired) electrons. The summed E-state index contributed by atoms with van der Waals surface area (Å²) in [6.45, 7) is 0.638. The molecule has 0 aromatic heterocycles. The summed E-state index contributed by atoms with van der Waals surface area (Å²) < 4.78 is 12.0. The van der Waals surface area contributed by atoms with Crippen molar-refractivity contribution in [3.05, 3.63) is 94.6 Å². The highest BCUT2D eigenvalue weighted by Crippen LogP contribution is 2.57. The molecule has 3 aromatic rings. The normalized spacial score (nSPS) is 15.5. The monoisotopic (exact) mass is 697 g/mol. The zero-order valence-electron chi connectivity index (χ0n) is 27.3. The van der Waals surface area contributed by atoms with Crippen LogP contribution in [0.5, 0.6) is 23.0 Å². The van der Waals surface area contributed by atoms with Crippen LogP contribution in [0, 0.1) is 0 Å². The van der Waals surface area contributed by atoms with Crippen molar-refractivity contribution < 1.29 is 53.6 Å². The Labute approximate surface area is 291 Å². The van der Waals surface area contributed by atoms with Gasteiger partial charge in [-0.2, -0.15) is 0 Å². The number of carboxylic acids is 1. The molecule has 3 aliphatic rings. The molecular formula is C37H35N3O11. The quantitative estimate of drug-likeness (QED) is 0.0934. The molecule has 3 aliphatic heterocycles. The van der Waals surface area contributed by atoms with Crippen molar-refractivity contribution in [2.45, 2.75) is 56.6 Å². The number of amides is 4. The lowest BCUT2D eigenvalue weighted by Gasteiger charge is -2.36. The SMILES string of the molecule is O=C(CCCCCN1C(=O)C=CC1=O)NCCCCC(NC(=O)c1ccc2c(c1)C(=O)OC21c2ccc(O)cc2Oc2cc(O)ccc21)C(=O)O. The van der Waals surface area contributed by atoms with Crippen molar-refractivity contribution in [2.75, 3.05) is 13.1 Å². The number of esters is 1. The average Bonchev–Trinajstić information content (AvgIpc) is 3.57. The Morgan fingerprint density at radius 2 is 1.43 bits per heavy atom. The molecule has 264 valence electrons. The third kappa shape index (κ3) is 6.98. The van der Waals surface area contributed by atoms with Crippen LogP contribution in [0.15, 0.2) is 66.7 Å². The minimum absolute atomic E-state index is 0.0421. The molecule has 0 saturated carbocycles. The maximum Gasteiger partial charge on any atom is 0.340 e. The van der Waals surface area contributed by atoms with Gasteiger partial charge in [-0.25, -0.2) is 9.59 Å². The second kappa shape index (κ2) is 14.4. The van der Waals surface area contributed by atoms with Gasteiger partial charge in [0.2, 0.25) is 5.91 Å². The predicted octanol–water partition coefficient (Wildman–Crippen LogP) is 3.62. The van der Waals surface area contributed by atoms with E-state index in [1.54, 1.807) is 18.2 Å². The fourth-order valence-corrected chi connectivity index (χ4v) is 6.52. The van der Waals surface area contributed by atoms with Crippen LogP contribution in [0.1, 0.15) is 82.4 Å². The van der Waals surface area contributed by atoms with Gasteiger partial charge in [0.25, 0.3) is 17.7 Å². The molecule has 1 spiro atoms. The van der Waals surface area contributed by atoms with Crippen LogP contribution in [-0.2, 0) is 29.5 Å². The van der Waals surface area contributed by atoms with Gasteiger partial charge >= 0.3 is 11.9 Å². The van der Waals surface area contributed by atoms with E-state index in [2.05, 4.69) is 10.6 Å². The summed E-state index contributed by atoms with van der Waals surface area (Å²) in [7, 11) is 0. The van der Waals surface area contributed by atoms with Crippen molar-refractivity contribution in [3.63, 3.8) is 0 Å². The van der Waals surface area contributed by atoms with Gasteiger partial charge in [-0.1, -0.05) is 12.5 Å². The number of aliphatic carboxylic acids is 1. The van der Waals surface area contributed by atoms with Crippen LogP contribution in [0.4, 0.5) is 0 Å². The summed E-state index contributed by atoms with van der Waals surface area (Å²) in [6.07, 6.45) is 5.59. The van der Waals surface area contributed by atoms with E-state index in [0.29, 0.717) is 61.9 Å². The molecule has 3 heterocycles. The van der Waals surface area contributed by atoms with E-state index in [4.69, 9.17) is 9.47 Å². The Balaban J connectivity index is 1.03. The van der Waals surface area contributed by atoms with Crippen LogP contribution in [0.2, 0.25) is 0 Å². The van der Waals surface area contributed by atoms with Crippen LogP contribution in [-0.4, -0.2) is 74.9 Å². The van der Waals surface area contributed by atoms with Gasteiger partial charge in [-0.05, 0) is 68.5 Å². The molecule has 4 amide bonds. The molecule has 14 nitrogen and oxygen atoms in total. The minimum Gasteiger partial charge on any atom is -0.508 e. The van der Waals surface area contributed by atoms with Gasteiger partial charge in [0, 0.05) is 66.0 Å². The highest BCUT2D eigenvalue weighted by molar-refractivity contribution is 6.12. The molecule has 5 N–H and O–H groups in total. The first-order valence-electron chi connectivity index (χ1n) is 16.5. The molecule has 1 atom stereocenters. The molecule has 0 saturated heterocycles. The standard InChI is InChI=1S/C37H35N3O11/c41-22-9-12-26-29(19-22)50-30-20-23(42)10-13-27(30)37(26)25-11-8-21(18-24(25)36(49)51-37)34(46)39-28(35(47)48)6-3-4-16-38-31(43)7-2-1-5-17-40-32(44)14-15-33(40)45/h8-15,18-20,28,41-42H,1-7,16-17H2,(H,38,43)(H,39,46)(H,47,48). The zero-order chi connectivity index (χ0) is 36.3. The second-order valence-corrected chi connectivity index (χ2v) is 12.5. The van der Waals surface area contributed by atoms with Gasteiger partial charge in [0.15, 0.2) is 5.60 Å². The number of unbranched alkanes of at least 4 members (excludes halogenated alkanes) is 3. The summed E-state index contributed by atoms with van der Waals surface area (Å²) in [4.78, 5) is 75.1. The number of nitrogens with one attached hydrogen (secondary N) is 2. The van der Waals surface area contributed by atoms with Gasteiger partial charge in [0.1, 0.15) is 29.0 Å². The van der Waals surface area contributed by atoms with E-state index in [1.165, 1.54) is 48.6 Å². The van der Waals surface area contributed by atoms with Gasteiger partial charge in [0.05, 0.1) is 5.56 Å². The summed E-state index contributed by atoms with van der Waals surface area (Å²) in [5, 5.41) is 35.3. The highest BCUT2D eigenvalue weighted by Gasteiger charge is 2.53. The lowest BCUT2D eigenvalue weighted by Crippen LogP contribution is -2.41. The van der Waals surface area contributed by atoms with Crippen molar-refractivity contribution >= 4 is 35.6 Å². The summed E-state index contributed by atoms with van der Waals surface area (Å²) in [5.41, 5.74) is -0.128. The third-order valence-electron chi connectivity index (χ3n) is 9.07. The van der Waals surface area contributed by atoms with Gasteiger partial charge < -0.3 is 35.4 Å². The number of aromatic hydroxyl groups is 2. The van der Waals surface area contributed by atoms with Gasteiger partial charge in [-0.15, -0.1) is 0 Å². The molecule has 6 rings (SSSR count). The summed E-state index contributed by atoms with van der Waals surface area (Å²) in [5.74, 6) is -3.24. The maximum absolute atomic E-state index is 13.4. The fourth-order valence-electron chi connectivity index (χ4n) is 6.52. The van der Waals surface area contributed by atoms with Crippen LogP contribution in [0.25, 0.3) is 0 Å². The lowest BCUT2D eigenvalue weighted by atomic mass is 9.77. The maximum atomic E-state index is 13.4. The topological polar surface area (TPSA) is 209 Å². The average molecular weight is 698 g/mol. The van der Waals surface area contributed by atoms with Crippen molar-refractivity contribution in [3.8, 4) is 23.0 Å². The number of ether oxygens (including phenoxy) is 2. The molecule has 14 heteroatoms. The van der Waals surface area contributed by atoms with Crippen LogP contribution >= 0.6 is 0 Å². The summed E-state index contributed by atoms with van der Waals surface area (Å²) in [6, 6.07) is 11.9. The number of hydrogen-bond donors (Lipinski definition) is 5. The number of carbonyl (C=O) groups excluding carboxylic acids is 5. The van der Waals surface area contributed by atoms with E-state index >= 15 is 0 Å². The number of phenols is 2. The Kier molecular flexibility index (Phi) is 9.76. The number of benzene rings is 3. The second-order valence-electron chi connectivity index (χ2n) is 12.5. The van der Waals surface area contributed by atoms with E-state index in [1.807, 2.05) is 0 Å². The molecule has 51 heavy (non-hydrogen) atoms. The molecule has 1 unspecified atom stereocenters. The third-order valence-corrected chi connectivity index (χ3v) is 9.07. The number of rotatable bonds is 14. The number of carboxylic acid groups (broad SMARTS) is 1. The van der Waals surface area contributed by atoms with E-state index in [-0.39, 0.29) is 64.7 Å². The highest BCUT2D eigenvalue weighted by atomic mass is 16.6. The Morgan fingerprint density at radius 1 is 0.784 bits per heavy atom. The van der Waals surface area contributed by atoms with Crippen LogP contribution < -0.4 is 15.4 Å². The van der Waals surface area contributed by atoms with Crippen molar-refractivity contribution in [2.24, 2.45) is 0 Å². The largest absolute Gasteiger partial charge is 0.508 e. The van der Waals surface area contributed by atoms with Crippen LogP contribution in [0.3, 0.4) is 0 Å². The fraction of sp³-hybridized carbons (Fsp3) is 0.297. The number of fused-ring (bicyclic) bond motifs is 6. The molecule has 0 fully saturated rings. The first-order chi connectivity index (χ1) is 24.5. The van der Waals surface area contributed by atoms with Crippen molar-refractivity contribution in [1.82, 2.24) is 15.5 Å². The van der Waals surface area contributed by atoms with E-state index in [0.717, 1.165) is 4.90 Å². The molecule has 0 bridgehead atoms. The minimum atomic E-state index is -1.50. The first kappa shape index (κ1) is 34.7. The van der Waals surface area contributed by atoms with Crippen molar-refractivity contribution in [1.29, 1.82) is 0 Å². The van der Waals surface area contributed by atoms with E-state index in [9.17, 15) is 44.1 Å². The Bertz CT molecular complexity index is 1900.